The molecule has 3 nitrogen and oxygen atoms in total. The van der Waals surface area contributed by atoms with Gasteiger partial charge < -0.3 is 10.5 Å². The summed E-state index contributed by atoms with van der Waals surface area (Å²) >= 11 is 0. The van der Waals surface area contributed by atoms with Crippen LogP contribution in [0.25, 0.3) is 0 Å². The predicted molar refractivity (Wildman–Crippen MR) is 57.9 cm³/mol. The second-order valence-corrected chi connectivity index (χ2v) is 4.49. The van der Waals surface area contributed by atoms with Gasteiger partial charge in [-0.15, -0.1) is 0 Å². The highest BCUT2D eigenvalue weighted by atomic mass is 16.5. The third-order valence-corrected chi connectivity index (χ3v) is 2.16. The second kappa shape index (κ2) is 6.02. The number of ether oxygens (including phenoxy) is 1. The first-order chi connectivity index (χ1) is 6.40. The average Bonchev–Trinajstić information content (AvgIpc) is 2.03. The minimum Gasteiger partial charge on any atom is -0.464 e. The van der Waals surface area contributed by atoms with E-state index in [-0.39, 0.29) is 5.97 Å². The Hall–Kier alpha value is -0.570. The molecule has 0 aromatic rings. The van der Waals surface area contributed by atoms with Crippen molar-refractivity contribution in [3.05, 3.63) is 0 Å². The number of hydrogen-bond acceptors (Lipinski definition) is 3. The average molecular weight is 201 g/mol. The van der Waals surface area contributed by atoms with Crippen molar-refractivity contribution in [1.29, 1.82) is 0 Å². The van der Waals surface area contributed by atoms with Gasteiger partial charge >= 0.3 is 5.97 Å². The van der Waals surface area contributed by atoms with E-state index in [2.05, 4.69) is 13.8 Å². The van der Waals surface area contributed by atoms with E-state index in [1.165, 1.54) is 0 Å². The lowest BCUT2D eigenvalue weighted by molar-refractivity contribution is -0.150. The third kappa shape index (κ3) is 5.22. The zero-order valence-electron chi connectivity index (χ0n) is 9.80. The fourth-order valence-electron chi connectivity index (χ4n) is 1.17. The summed E-state index contributed by atoms with van der Waals surface area (Å²) in [6, 6.07) is 0. The summed E-state index contributed by atoms with van der Waals surface area (Å²) in [5.41, 5.74) is 5.00. The van der Waals surface area contributed by atoms with Crippen LogP contribution in [-0.2, 0) is 9.53 Å². The Kier molecular flexibility index (Phi) is 5.77. The SMILES string of the molecule is CCCC(C)(N)C(=O)OCCC(C)C. The number of rotatable bonds is 6. The van der Waals surface area contributed by atoms with Crippen LogP contribution in [0.2, 0.25) is 0 Å². The van der Waals surface area contributed by atoms with E-state index in [1.807, 2.05) is 6.92 Å². The number of hydrogen-bond donors (Lipinski definition) is 1. The molecule has 0 aliphatic carbocycles. The molecule has 0 aliphatic rings. The highest BCUT2D eigenvalue weighted by molar-refractivity contribution is 5.79. The molecule has 0 rings (SSSR count). The number of carbonyl (C=O) groups excluding carboxylic acids is 1. The lowest BCUT2D eigenvalue weighted by Crippen LogP contribution is -2.46. The molecule has 0 bridgehead atoms. The van der Waals surface area contributed by atoms with Crippen LogP contribution in [0.4, 0.5) is 0 Å². The standard InChI is InChI=1S/C11H23NO2/c1-5-7-11(4,12)10(13)14-8-6-9(2)3/h9H,5-8,12H2,1-4H3. The molecular formula is C11H23NO2. The number of esters is 1. The van der Waals surface area contributed by atoms with Crippen molar-refractivity contribution in [2.24, 2.45) is 11.7 Å². The molecular weight excluding hydrogens is 178 g/mol. The first-order valence-corrected chi connectivity index (χ1v) is 5.36. The summed E-state index contributed by atoms with van der Waals surface area (Å²) in [6.45, 7) is 8.41. The maximum absolute atomic E-state index is 11.5. The zero-order valence-corrected chi connectivity index (χ0v) is 9.80. The molecule has 14 heavy (non-hydrogen) atoms. The normalized spacial score (nSPS) is 15.3. The molecule has 0 amide bonds. The van der Waals surface area contributed by atoms with E-state index in [9.17, 15) is 4.79 Å². The lowest BCUT2D eigenvalue weighted by atomic mass is 9.98. The summed E-state index contributed by atoms with van der Waals surface area (Å²) in [7, 11) is 0. The Morgan fingerprint density at radius 2 is 2.07 bits per heavy atom. The van der Waals surface area contributed by atoms with Crippen LogP contribution in [0.5, 0.6) is 0 Å². The zero-order chi connectivity index (χ0) is 11.2. The number of nitrogens with two attached hydrogens (primary N) is 1. The molecule has 0 aliphatic heterocycles. The van der Waals surface area contributed by atoms with Gasteiger partial charge in [0.25, 0.3) is 0 Å². The highest BCUT2D eigenvalue weighted by Gasteiger charge is 2.28. The lowest BCUT2D eigenvalue weighted by Gasteiger charge is -2.21. The van der Waals surface area contributed by atoms with E-state index in [4.69, 9.17) is 10.5 Å². The molecule has 0 heterocycles. The van der Waals surface area contributed by atoms with Crippen molar-refractivity contribution in [3.8, 4) is 0 Å². The van der Waals surface area contributed by atoms with E-state index in [0.717, 1.165) is 12.8 Å². The molecule has 0 aromatic carbocycles. The first kappa shape index (κ1) is 13.4. The van der Waals surface area contributed by atoms with Gasteiger partial charge in [-0.25, -0.2) is 0 Å². The van der Waals surface area contributed by atoms with Gasteiger partial charge in [-0.2, -0.15) is 0 Å². The van der Waals surface area contributed by atoms with Gasteiger partial charge in [-0.1, -0.05) is 27.2 Å². The van der Waals surface area contributed by atoms with Crippen LogP contribution in [0, 0.1) is 5.92 Å². The van der Waals surface area contributed by atoms with Crippen LogP contribution in [0.3, 0.4) is 0 Å². The predicted octanol–water partition coefficient (Wildman–Crippen LogP) is 2.09. The summed E-state index contributed by atoms with van der Waals surface area (Å²) in [4.78, 5) is 11.5. The van der Waals surface area contributed by atoms with Gasteiger partial charge in [0.15, 0.2) is 0 Å². The van der Waals surface area contributed by atoms with Crippen molar-refractivity contribution in [2.75, 3.05) is 6.61 Å². The van der Waals surface area contributed by atoms with Crippen molar-refractivity contribution >= 4 is 5.97 Å². The van der Waals surface area contributed by atoms with E-state index < -0.39 is 5.54 Å². The van der Waals surface area contributed by atoms with Crippen LogP contribution in [-0.4, -0.2) is 18.1 Å². The molecule has 84 valence electrons. The van der Waals surface area contributed by atoms with Crippen LogP contribution < -0.4 is 5.73 Å². The Labute approximate surface area is 87.0 Å². The van der Waals surface area contributed by atoms with E-state index in [0.29, 0.717) is 18.9 Å². The smallest absolute Gasteiger partial charge is 0.325 e. The molecule has 3 heteroatoms. The van der Waals surface area contributed by atoms with E-state index >= 15 is 0 Å². The number of carbonyl (C=O) groups is 1. The summed E-state index contributed by atoms with van der Waals surface area (Å²) < 4.78 is 5.11. The topological polar surface area (TPSA) is 52.3 Å². The van der Waals surface area contributed by atoms with Crippen molar-refractivity contribution < 1.29 is 9.53 Å². The van der Waals surface area contributed by atoms with Gasteiger partial charge in [0.1, 0.15) is 5.54 Å². The molecule has 0 spiro atoms. The second-order valence-electron chi connectivity index (χ2n) is 4.49. The van der Waals surface area contributed by atoms with Gasteiger partial charge in [0.2, 0.25) is 0 Å². The monoisotopic (exact) mass is 201 g/mol. The molecule has 0 saturated heterocycles. The Morgan fingerprint density at radius 3 is 2.50 bits per heavy atom. The molecule has 2 N–H and O–H groups in total. The van der Waals surface area contributed by atoms with Crippen LogP contribution in [0.15, 0.2) is 0 Å². The van der Waals surface area contributed by atoms with Crippen molar-refractivity contribution in [2.45, 2.75) is 52.5 Å². The third-order valence-electron chi connectivity index (χ3n) is 2.16. The van der Waals surface area contributed by atoms with Gasteiger partial charge in [-0.3, -0.25) is 4.79 Å². The van der Waals surface area contributed by atoms with Crippen molar-refractivity contribution in [3.63, 3.8) is 0 Å². The summed E-state index contributed by atoms with van der Waals surface area (Å²) in [6.07, 6.45) is 2.47. The Bertz CT molecular complexity index is 176. The largest absolute Gasteiger partial charge is 0.464 e. The fraction of sp³-hybridized carbons (Fsp3) is 0.909. The van der Waals surface area contributed by atoms with Gasteiger partial charge in [0, 0.05) is 0 Å². The minimum atomic E-state index is -0.814. The quantitative estimate of drug-likeness (QED) is 0.669. The minimum absolute atomic E-state index is 0.278. The molecule has 0 fully saturated rings. The van der Waals surface area contributed by atoms with Crippen molar-refractivity contribution in [1.82, 2.24) is 0 Å². The maximum atomic E-state index is 11.5. The van der Waals surface area contributed by atoms with E-state index in [1.54, 1.807) is 6.92 Å². The fourth-order valence-corrected chi connectivity index (χ4v) is 1.17. The van der Waals surface area contributed by atoms with Crippen LogP contribution in [0.1, 0.15) is 47.0 Å². The maximum Gasteiger partial charge on any atom is 0.325 e. The molecule has 0 radical (unpaired) electrons. The molecule has 1 unspecified atom stereocenters. The van der Waals surface area contributed by atoms with Gasteiger partial charge in [0.05, 0.1) is 6.61 Å². The molecule has 1 atom stereocenters. The molecule has 0 saturated carbocycles. The van der Waals surface area contributed by atoms with Crippen LogP contribution >= 0.6 is 0 Å². The Morgan fingerprint density at radius 1 is 1.50 bits per heavy atom. The van der Waals surface area contributed by atoms with Gasteiger partial charge in [-0.05, 0) is 25.7 Å². The Balaban J connectivity index is 3.83. The highest BCUT2D eigenvalue weighted by Crippen LogP contribution is 2.11. The summed E-state index contributed by atoms with van der Waals surface area (Å²) in [5, 5.41) is 0. The summed E-state index contributed by atoms with van der Waals surface area (Å²) in [5.74, 6) is 0.276. The first-order valence-electron chi connectivity index (χ1n) is 5.36. The molecule has 0 aromatic heterocycles.